The Balaban J connectivity index is 1.32. The number of aromatic nitrogens is 2. The number of halogens is 1. The SMILES string of the molecule is Cc1cccc(NC(=O)CSc2cc(N3CCN(c4ccccc4F)CC3)ncn2)c1C. The highest BCUT2D eigenvalue weighted by atomic mass is 32.2. The van der Waals surface area contributed by atoms with Gasteiger partial charge in [0, 0.05) is 37.9 Å². The summed E-state index contributed by atoms with van der Waals surface area (Å²) in [6.07, 6.45) is 1.53. The summed E-state index contributed by atoms with van der Waals surface area (Å²) in [7, 11) is 0. The predicted molar refractivity (Wildman–Crippen MR) is 128 cm³/mol. The van der Waals surface area contributed by atoms with E-state index in [-0.39, 0.29) is 17.5 Å². The fraction of sp³-hybridized carbons (Fsp3) is 0.292. The Morgan fingerprint density at radius 3 is 2.56 bits per heavy atom. The van der Waals surface area contributed by atoms with Crippen molar-refractivity contribution in [2.75, 3.05) is 47.0 Å². The highest BCUT2D eigenvalue weighted by molar-refractivity contribution is 7.99. The van der Waals surface area contributed by atoms with E-state index in [4.69, 9.17) is 0 Å². The van der Waals surface area contributed by atoms with Gasteiger partial charge in [-0.15, -0.1) is 0 Å². The van der Waals surface area contributed by atoms with Crippen LogP contribution >= 0.6 is 11.8 Å². The van der Waals surface area contributed by atoms with Crippen LogP contribution in [0, 0.1) is 19.7 Å². The van der Waals surface area contributed by atoms with Crippen molar-refractivity contribution in [2.45, 2.75) is 18.9 Å². The summed E-state index contributed by atoms with van der Waals surface area (Å²) in [5, 5.41) is 3.73. The molecule has 2 heterocycles. The van der Waals surface area contributed by atoms with E-state index in [1.165, 1.54) is 24.2 Å². The van der Waals surface area contributed by atoms with Crippen molar-refractivity contribution in [1.82, 2.24) is 9.97 Å². The van der Waals surface area contributed by atoms with E-state index in [1.54, 1.807) is 6.07 Å². The summed E-state index contributed by atoms with van der Waals surface area (Å²) < 4.78 is 14.1. The largest absolute Gasteiger partial charge is 0.366 e. The van der Waals surface area contributed by atoms with E-state index >= 15 is 0 Å². The van der Waals surface area contributed by atoms with Gasteiger partial charge in [-0.2, -0.15) is 0 Å². The van der Waals surface area contributed by atoms with E-state index in [9.17, 15) is 9.18 Å². The maximum Gasteiger partial charge on any atom is 0.234 e. The summed E-state index contributed by atoms with van der Waals surface area (Å²) in [4.78, 5) is 25.3. The van der Waals surface area contributed by atoms with Crippen molar-refractivity contribution in [1.29, 1.82) is 0 Å². The number of hydrogen-bond donors (Lipinski definition) is 1. The van der Waals surface area contributed by atoms with Crippen LogP contribution in [0.5, 0.6) is 0 Å². The number of carbonyl (C=O) groups is 1. The third-order valence-corrected chi connectivity index (χ3v) is 6.58. The Bertz CT molecular complexity index is 1100. The van der Waals surface area contributed by atoms with Crippen molar-refractivity contribution in [3.05, 3.63) is 71.8 Å². The van der Waals surface area contributed by atoms with Gasteiger partial charge in [-0.1, -0.05) is 36.0 Å². The zero-order valence-corrected chi connectivity index (χ0v) is 19.0. The summed E-state index contributed by atoms with van der Waals surface area (Å²) in [6, 6.07) is 14.7. The molecular formula is C24H26FN5OS. The number of benzene rings is 2. The molecule has 1 N–H and O–H groups in total. The van der Waals surface area contributed by atoms with Crippen molar-refractivity contribution in [3.63, 3.8) is 0 Å². The summed E-state index contributed by atoms with van der Waals surface area (Å²) in [5.41, 5.74) is 3.70. The molecular weight excluding hydrogens is 425 g/mol. The number of amides is 1. The monoisotopic (exact) mass is 451 g/mol. The Kier molecular flexibility index (Phi) is 6.90. The van der Waals surface area contributed by atoms with Gasteiger partial charge in [0.2, 0.25) is 5.91 Å². The topological polar surface area (TPSA) is 61.4 Å². The van der Waals surface area contributed by atoms with Crippen LogP contribution in [0.4, 0.5) is 21.6 Å². The molecule has 1 amide bonds. The molecule has 0 unspecified atom stereocenters. The molecule has 0 atom stereocenters. The van der Waals surface area contributed by atoms with Crippen molar-refractivity contribution < 1.29 is 9.18 Å². The zero-order chi connectivity index (χ0) is 22.5. The van der Waals surface area contributed by atoms with Gasteiger partial charge in [-0.25, -0.2) is 14.4 Å². The first kappa shape index (κ1) is 22.1. The average Bonchev–Trinajstić information content (AvgIpc) is 2.81. The first-order valence-electron chi connectivity index (χ1n) is 10.6. The lowest BCUT2D eigenvalue weighted by molar-refractivity contribution is -0.113. The number of nitrogens with zero attached hydrogens (tertiary/aromatic N) is 4. The normalized spacial score (nSPS) is 13.8. The minimum atomic E-state index is -0.194. The number of rotatable bonds is 6. The zero-order valence-electron chi connectivity index (χ0n) is 18.2. The molecule has 6 nitrogen and oxygen atoms in total. The minimum Gasteiger partial charge on any atom is -0.366 e. The third kappa shape index (κ3) is 5.19. The molecule has 0 saturated carbocycles. The second kappa shape index (κ2) is 9.99. The van der Waals surface area contributed by atoms with Crippen molar-refractivity contribution in [2.24, 2.45) is 0 Å². The van der Waals surface area contributed by atoms with E-state index in [0.29, 0.717) is 18.8 Å². The number of nitrogens with one attached hydrogen (secondary N) is 1. The number of carbonyl (C=O) groups excluding carboxylic acids is 1. The quantitative estimate of drug-likeness (QED) is 0.446. The lowest BCUT2D eigenvalue weighted by atomic mass is 10.1. The number of hydrogen-bond acceptors (Lipinski definition) is 6. The second-order valence-corrected chi connectivity index (χ2v) is 8.72. The number of para-hydroxylation sites is 1. The molecule has 8 heteroatoms. The first-order valence-corrected chi connectivity index (χ1v) is 11.5. The Hall–Kier alpha value is -3.13. The molecule has 4 rings (SSSR count). The van der Waals surface area contributed by atoms with Gasteiger partial charge in [0.15, 0.2) is 0 Å². The molecule has 2 aromatic carbocycles. The predicted octanol–water partition coefficient (Wildman–Crippen LogP) is 4.29. The molecule has 0 aliphatic carbocycles. The number of thioether (sulfide) groups is 1. The molecule has 0 spiro atoms. The molecule has 3 aromatic rings. The molecule has 1 aromatic heterocycles. The van der Waals surface area contributed by atoms with Gasteiger partial charge in [0.1, 0.15) is 23.0 Å². The molecule has 1 aliphatic heterocycles. The highest BCUT2D eigenvalue weighted by Crippen LogP contribution is 2.24. The molecule has 32 heavy (non-hydrogen) atoms. The molecule has 0 radical (unpaired) electrons. The first-order chi connectivity index (χ1) is 15.5. The van der Waals surface area contributed by atoms with Crippen LogP contribution in [0.1, 0.15) is 11.1 Å². The van der Waals surface area contributed by atoms with Crippen molar-refractivity contribution >= 4 is 34.9 Å². The van der Waals surface area contributed by atoms with Gasteiger partial charge in [0.25, 0.3) is 0 Å². The maximum atomic E-state index is 14.1. The van der Waals surface area contributed by atoms with Crippen LogP contribution < -0.4 is 15.1 Å². The molecule has 0 bridgehead atoms. The minimum absolute atomic E-state index is 0.0673. The van der Waals surface area contributed by atoms with Crippen LogP contribution in [0.25, 0.3) is 0 Å². The standard InChI is InChI=1S/C24H26FN5OS/c1-17-6-5-8-20(18(17)2)28-23(31)15-32-24-14-22(26-16-27-24)30-12-10-29(11-13-30)21-9-4-3-7-19(21)25/h3-9,14,16H,10-13,15H2,1-2H3,(H,28,31). The molecule has 1 aliphatic rings. The summed E-state index contributed by atoms with van der Waals surface area (Å²) in [5.74, 6) is 0.832. The Labute approximate surface area is 191 Å². The molecule has 166 valence electrons. The highest BCUT2D eigenvalue weighted by Gasteiger charge is 2.20. The molecule has 1 saturated heterocycles. The average molecular weight is 452 g/mol. The fourth-order valence-electron chi connectivity index (χ4n) is 3.68. The van der Waals surface area contributed by atoms with E-state index in [1.807, 2.05) is 50.2 Å². The van der Waals surface area contributed by atoms with Crippen LogP contribution in [-0.2, 0) is 4.79 Å². The van der Waals surface area contributed by atoms with E-state index < -0.39 is 0 Å². The lowest BCUT2D eigenvalue weighted by Crippen LogP contribution is -2.47. The third-order valence-electron chi connectivity index (χ3n) is 5.65. The van der Waals surface area contributed by atoms with E-state index in [0.717, 1.165) is 40.7 Å². The van der Waals surface area contributed by atoms with Gasteiger partial charge in [-0.05, 0) is 43.2 Å². The van der Waals surface area contributed by atoms with Gasteiger partial charge < -0.3 is 15.1 Å². The number of piperazine rings is 1. The number of anilines is 3. The summed E-state index contributed by atoms with van der Waals surface area (Å²) >= 11 is 1.39. The second-order valence-electron chi connectivity index (χ2n) is 7.72. The summed E-state index contributed by atoms with van der Waals surface area (Å²) in [6.45, 7) is 6.93. The van der Waals surface area contributed by atoms with Gasteiger partial charge >= 0.3 is 0 Å². The fourth-order valence-corrected chi connectivity index (χ4v) is 4.34. The van der Waals surface area contributed by atoms with Crippen molar-refractivity contribution in [3.8, 4) is 0 Å². The van der Waals surface area contributed by atoms with Crippen LogP contribution in [0.2, 0.25) is 0 Å². The lowest BCUT2D eigenvalue weighted by Gasteiger charge is -2.36. The van der Waals surface area contributed by atoms with Crippen LogP contribution in [0.15, 0.2) is 59.9 Å². The number of aryl methyl sites for hydroxylation is 1. The van der Waals surface area contributed by atoms with Crippen LogP contribution in [-0.4, -0.2) is 47.8 Å². The van der Waals surface area contributed by atoms with Gasteiger partial charge in [-0.3, -0.25) is 4.79 Å². The molecule has 1 fully saturated rings. The smallest absolute Gasteiger partial charge is 0.234 e. The van der Waals surface area contributed by atoms with E-state index in [2.05, 4.69) is 25.1 Å². The van der Waals surface area contributed by atoms with Gasteiger partial charge in [0.05, 0.1) is 11.4 Å². The van der Waals surface area contributed by atoms with Crippen LogP contribution in [0.3, 0.4) is 0 Å². The Morgan fingerprint density at radius 2 is 1.78 bits per heavy atom. The Morgan fingerprint density at radius 1 is 1.03 bits per heavy atom. The maximum absolute atomic E-state index is 14.1.